The number of nitrogens with zero attached hydrogens (tertiary/aromatic N) is 4. The van der Waals surface area contributed by atoms with E-state index in [1.807, 2.05) is 12.3 Å². The van der Waals surface area contributed by atoms with Crippen LogP contribution in [0.5, 0.6) is 0 Å². The summed E-state index contributed by atoms with van der Waals surface area (Å²) >= 11 is 0. The van der Waals surface area contributed by atoms with E-state index in [9.17, 15) is 4.39 Å². The Kier molecular flexibility index (Phi) is 2.68. The Morgan fingerprint density at radius 2 is 2.15 bits per heavy atom. The van der Waals surface area contributed by atoms with Gasteiger partial charge in [0.1, 0.15) is 17.5 Å². The Bertz CT molecular complexity index is 738. The van der Waals surface area contributed by atoms with Crippen LogP contribution in [0.15, 0.2) is 18.6 Å². The zero-order chi connectivity index (χ0) is 13.5. The van der Waals surface area contributed by atoms with Gasteiger partial charge in [0.25, 0.3) is 0 Å². The number of nitrogens with one attached hydrogen (secondary N) is 1. The maximum absolute atomic E-state index is 12.7. The van der Waals surface area contributed by atoms with E-state index in [1.165, 1.54) is 0 Å². The summed E-state index contributed by atoms with van der Waals surface area (Å²) in [6, 6.07) is 2.01. The van der Waals surface area contributed by atoms with Crippen molar-refractivity contribution in [1.29, 1.82) is 0 Å². The second kappa shape index (κ2) is 4.54. The largest absolute Gasteiger partial charge is 0.346 e. The Morgan fingerprint density at radius 3 is 2.95 bits per heavy atom. The van der Waals surface area contributed by atoms with Crippen LogP contribution < -0.4 is 0 Å². The zero-order valence-electron chi connectivity index (χ0n) is 11.1. The van der Waals surface area contributed by atoms with Gasteiger partial charge in [-0.1, -0.05) is 5.21 Å². The van der Waals surface area contributed by atoms with E-state index in [2.05, 4.69) is 20.3 Å². The molecule has 1 fully saturated rings. The molecule has 0 atom stereocenters. The number of hydrogen-bond acceptors (Lipinski definition) is 3. The van der Waals surface area contributed by atoms with Gasteiger partial charge >= 0.3 is 0 Å². The van der Waals surface area contributed by atoms with Crippen LogP contribution in [0, 0.1) is 5.92 Å². The summed E-state index contributed by atoms with van der Waals surface area (Å²) in [6.45, 7) is -0.194. The minimum Gasteiger partial charge on any atom is -0.346 e. The number of H-pyrrole nitrogens is 1. The number of fused-ring (bicyclic) bond motifs is 3. The van der Waals surface area contributed by atoms with Crippen molar-refractivity contribution in [3.05, 3.63) is 24.3 Å². The lowest BCUT2D eigenvalue weighted by Gasteiger charge is -2.25. The van der Waals surface area contributed by atoms with Gasteiger partial charge in [-0.3, -0.25) is 4.39 Å². The molecule has 0 aromatic carbocycles. The smallest absolute Gasteiger partial charge is 0.141 e. The quantitative estimate of drug-likeness (QED) is 0.781. The van der Waals surface area contributed by atoms with Gasteiger partial charge in [0.15, 0.2) is 0 Å². The zero-order valence-corrected chi connectivity index (χ0v) is 11.1. The molecule has 0 saturated heterocycles. The van der Waals surface area contributed by atoms with Gasteiger partial charge in [-0.25, -0.2) is 9.50 Å². The molecule has 5 nitrogen and oxygen atoms in total. The summed E-state index contributed by atoms with van der Waals surface area (Å²) in [5, 5.41) is 9.60. The van der Waals surface area contributed by atoms with Gasteiger partial charge in [-0.15, -0.1) is 5.10 Å². The molecule has 1 aliphatic rings. The van der Waals surface area contributed by atoms with E-state index in [0.29, 0.717) is 5.92 Å². The summed E-state index contributed by atoms with van der Waals surface area (Å²) < 4.78 is 14.5. The van der Waals surface area contributed by atoms with Crippen LogP contribution in [0.2, 0.25) is 0 Å². The third-order valence-corrected chi connectivity index (χ3v) is 4.45. The van der Waals surface area contributed by atoms with Crippen LogP contribution in [-0.4, -0.2) is 31.5 Å². The lowest BCUT2D eigenvalue weighted by Crippen LogP contribution is -2.15. The summed E-state index contributed by atoms with van der Waals surface area (Å²) in [5.41, 5.74) is 2.94. The van der Waals surface area contributed by atoms with Crippen molar-refractivity contribution in [2.75, 3.05) is 6.67 Å². The van der Waals surface area contributed by atoms with Crippen LogP contribution in [0.3, 0.4) is 0 Å². The molecule has 4 rings (SSSR count). The predicted octanol–water partition coefficient (Wildman–Crippen LogP) is 2.85. The van der Waals surface area contributed by atoms with Gasteiger partial charge < -0.3 is 4.98 Å². The number of aromatic nitrogens is 5. The Balaban J connectivity index is 1.78. The fourth-order valence-electron chi connectivity index (χ4n) is 3.28. The second-order valence-corrected chi connectivity index (χ2v) is 5.62. The minimum absolute atomic E-state index is 0.194. The molecule has 1 N–H and O–H groups in total. The minimum atomic E-state index is -0.194. The van der Waals surface area contributed by atoms with Crippen LogP contribution in [0.1, 0.15) is 37.3 Å². The average Bonchev–Trinajstić information content (AvgIpc) is 3.13. The van der Waals surface area contributed by atoms with Crippen molar-refractivity contribution >= 4 is 16.6 Å². The fourth-order valence-corrected chi connectivity index (χ4v) is 3.28. The average molecular weight is 273 g/mol. The van der Waals surface area contributed by atoms with Gasteiger partial charge in [0.05, 0.1) is 12.4 Å². The molecular weight excluding hydrogens is 257 g/mol. The molecule has 0 amide bonds. The maximum Gasteiger partial charge on any atom is 0.141 e. The van der Waals surface area contributed by atoms with E-state index in [0.717, 1.165) is 47.9 Å². The van der Waals surface area contributed by atoms with Crippen LogP contribution in [0.25, 0.3) is 16.6 Å². The number of halogens is 1. The van der Waals surface area contributed by atoms with Gasteiger partial charge in [-0.2, -0.15) is 0 Å². The highest BCUT2D eigenvalue weighted by atomic mass is 19.1. The topological polar surface area (TPSA) is 58.9 Å². The van der Waals surface area contributed by atoms with Gasteiger partial charge in [0, 0.05) is 17.5 Å². The van der Waals surface area contributed by atoms with E-state index >= 15 is 0 Å². The monoisotopic (exact) mass is 273 g/mol. The highest BCUT2D eigenvalue weighted by Gasteiger charge is 2.26. The molecule has 1 saturated carbocycles. The summed E-state index contributed by atoms with van der Waals surface area (Å²) in [4.78, 5) is 7.43. The van der Waals surface area contributed by atoms with Crippen molar-refractivity contribution in [3.63, 3.8) is 0 Å². The molecule has 6 heteroatoms. The third-order valence-electron chi connectivity index (χ3n) is 4.45. The van der Waals surface area contributed by atoms with Crippen molar-refractivity contribution in [2.24, 2.45) is 5.92 Å². The van der Waals surface area contributed by atoms with Gasteiger partial charge in [0.2, 0.25) is 0 Å². The first-order chi connectivity index (χ1) is 9.86. The first kappa shape index (κ1) is 11.8. The first-order valence-corrected chi connectivity index (χ1v) is 7.10. The molecule has 3 aromatic heterocycles. The van der Waals surface area contributed by atoms with E-state index in [1.54, 1.807) is 10.8 Å². The molecule has 0 spiro atoms. The van der Waals surface area contributed by atoms with Crippen LogP contribution in [0.4, 0.5) is 4.39 Å². The SMILES string of the molecule is FCC1CCC(c2nnn3cnc4[nH]ccc4c23)CC1. The number of hydrogen-bond donors (Lipinski definition) is 1. The normalized spacial score (nSPS) is 23.6. The van der Waals surface area contributed by atoms with Crippen molar-refractivity contribution < 1.29 is 4.39 Å². The number of aromatic amines is 1. The molecule has 0 unspecified atom stereocenters. The van der Waals surface area contributed by atoms with Crippen molar-refractivity contribution in [3.8, 4) is 0 Å². The lowest BCUT2D eigenvalue weighted by molar-refractivity contribution is 0.262. The Morgan fingerprint density at radius 1 is 1.30 bits per heavy atom. The Hall–Kier alpha value is -1.98. The summed E-state index contributed by atoms with van der Waals surface area (Å²) in [5.74, 6) is 0.623. The highest BCUT2D eigenvalue weighted by molar-refractivity contribution is 5.92. The molecule has 3 aromatic rings. The van der Waals surface area contributed by atoms with Crippen LogP contribution in [-0.2, 0) is 0 Å². The van der Waals surface area contributed by atoms with Crippen LogP contribution >= 0.6 is 0 Å². The maximum atomic E-state index is 12.7. The van der Waals surface area contributed by atoms with Gasteiger partial charge in [-0.05, 0) is 37.7 Å². The second-order valence-electron chi connectivity index (χ2n) is 5.62. The highest BCUT2D eigenvalue weighted by Crippen LogP contribution is 2.37. The lowest BCUT2D eigenvalue weighted by atomic mass is 9.81. The Labute approximate surface area is 115 Å². The standard InChI is InChI=1S/C14H16FN5/c15-7-9-1-3-10(4-2-9)12-13-11-5-6-16-14(11)17-8-20(13)19-18-12/h5-6,8-10,16H,1-4,7H2. The summed E-state index contributed by atoms with van der Waals surface area (Å²) in [6.07, 6.45) is 7.46. The fraction of sp³-hybridized carbons (Fsp3) is 0.500. The molecule has 3 heterocycles. The third kappa shape index (κ3) is 1.71. The first-order valence-electron chi connectivity index (χ1n) is 7.10. The molecule has 104 valence electrons. The number of alkyl halides is 1. The molecule has 20 heavy (non-hydrogen) atoms. The molecule has 1 aliphatic carbocycles. The van der Waals surface area contributed by atoms with Crippen molar-refractivity contribution in [1.82, 2.24) is 24.8 Å². The van der Waals surface area contributed by atoms with Crippen molar-refractivity contribution in [2.45, 2.75) is 31.6 Å². The molecule has 0 aliphatic heterocycles. The summed E-state index contributed by atoms with van der Waals surface area (Å²) in [7, 11) is 0. The van der Waals surface area contributed by atoms with E-state index < -0.39 is 0 Å². The number of rotatable bonds is 2. The molecular formula is C14H16FN5. The van der Waals surface area contributed by atoms with E-state index in [4.69, 9.17) is 0 Å². The molecule has 0 radical (unpaired) electrons. The molecule has 0 bridgehead atoms. The predicted molar refractivity (Wildman–Crippen MR) is 73.3 cm³/mol. The van der Waals surface area contributed by atoms with E-state index in [-0.39, 0.29) is 12.6 Å².